The number of hydrogen-bond donors (Lipinski definition) is 1. The van der Waals surface area contributed by atoms with Crippen LogP contribution < -0.4 is 4.90 Å². The zero-order valence-electron chi connectivity index (χ0n) is 7.22. The average molecular weight is 173 g/mol. The van der Waals surface area contributed by atoms with E-state index in [9.17, 15) is 0 Å². The van der Waals surface area contributed by atoms with Crippen molar-refractivity contribution in [2.24, 2.45) is 0 Å². The second-order valence-electron chi connectivity index (χ2n) is 2.87. The van der Waals surface area contributed by atoms with Crippen LogP contribution in [-0.4, -0.2) is 11.8 Å². The van der Waals surface area contributed by atoms with Crippen LogP contribution in [0, 0.1) is 0 Å². The van der Waals surface area contributed by atoms with E-state index in [1.807, 2.05) is 48.7 Å². The number of aliphatic hydroxyl groups is 1. The topological polar surface area (TPSA) is 23.5 Å². The SMILES string of the molecule is OCN1C=CC=Cc2ccccc21. The van der Waals surface area contributed by atoms with E-state index in [1.54, 1.807) is 4.90 Å². The van der Waals surface area contributed by atoms with E-state index >= 15 is 0 Å². The van der Waals surface area contributed by atoms with Crippen LogP contribution >= 0.6 is 0 Å². The molecule has 0 unspecified atom stereocenters. The molecule has 1 aliphatic heterocycles. The van der Waals surface area contributed by atoms with Crippen molar-refractivity contribution in [2.45, 2.75) is 0 Å². The Hall–Kier alpha value is -1.54. The first-order chi connectivity index (χ1) is 6.42. The smallest absolute Gasteiger partial charge is 0.119 e. The van der Waals surface area contributed by atoms with Gasteiger partial charge < -0.3 is 10.0 Å². The molecular weight excluding hydrogens is 162 g/mol. The number of para-hydroxylation sites is 1. The number of allylic oxidation sites excluding steroid dienone is 2. The molecule has 0 fully saturated rings. The summed E-state index contributed by atoms with van der Waals surface area (Å²) >= 11 is 0. The standard InChI is InChI=1S/C11H11NO/c13-9-12-8-4-3-6-10-5-1-2-7-11(10)12/h1-8,13H,9H2. The molecule has 0 radical (unpaired) electrons. The zero-order chi connectivity index (χ0) is 9.10. The van der Waals surface area contributed by atoms with Crippen LogP contribution in [0.5, 0.6) is 0 Å². The number of nitrogens with zero attached hydrogens (tertiary/aromatic N) is 1. The number of hydrogen-bond acceptors (Lipinski definition) is 2. The highest BCUT2D eigenvalue weighted by Gasteiger charge is 2.06. The highest BCUT2D eigenvalue weighted by atomic mass is 16.3. The van der Waals surface area contributed by atoms with Crippen molar-refractivity contribution < 1.29 is 5.11 Å². The van der Waals surface area contributed by atoms with Crippen molar-refractivity contribution in [3.63, 3.8) is 0 Å². The lowest BCUT2D eigenvalue weighted by atomic mass is 10.1. The first kappa shape index (κ1) is 8.08. The van der Waals surface area contributed by atoms with E-state index in [1.165, 1.54) is 0 Å². The molecule has 2 heteroatoms. The number of aliphatic hydroxyl groups excluding tert-OH is 1. The summed E-state index contributed by atoms with van der Waals surface area (Å²) in [7, 11) is 0. The van der Waals surface area contributed by atoms with Gasteiger partial charge in [-0.3, -0.25) is 0 Å². The van der Waals surface area contributed by atoms with Crippen molar-refractivity contribution in [1.82, 2.24) is 0 Å². The summed E-state index contributed by atoms with van der Waals surface area (Å²) in [6.07, 6.45) is 7.77. The van der Waals surface area contributed by atoms with Crippen LogP contribution in [0.25, 0.3) is 6.08 Å². The zero-order valence-corrected chi connectivity index (χ0v) is 7.22. The number of benzene rings is 1. The number of anilines is 1. The predicted molar refractivity (Wildman–Crippen MR) is 54.2 cm³/mol. The molecule has 0 aromatic heterocycles. The molecule has 1 N–H and O–H groups in total. The third kappa shape index (κ3) is 1.48. The second-order valence-corrected chi connectivity index (χ2v) is 2.87. The van der Waals surface area contributed by atoms with E-state index in [0.717, 1.165) is 11.3 Å². The number of rotatable bonds is 1. The lowest BCUT2D eigenvalue weighted by molar-refractivity contribution is 0.303. The maximum atomic E-state index is 9.11. The monoisotopic (exact) mass is 173 g/mol. The van der Waals surface area contributed by atoms with E-state index < -0.39 is 0 Å². The molecule has 0 amide bonds. The first-order valence-corrected chi connectivity index (χ1v) is 4.23. The summed E-state index contributed by atoms with van der Waals surface area (Å²) in [5.41, 5.74) is 2.16. The minimum absolute atomic E-state index is 0.00912. The second kappa shape index (κ2) is 3.46. The Morgan fingerprint density at radius 3 is 2.85 bits per heavy atom. The Balaban J connectivity index is 2.50. The van der Waals surface area contributed by atoms with Gasteiger partial charge in [0.25, 0.3) is 0 Å². The van der Waals surface area contributed by atoms with Crippen LogP contribution in [0.3, 0.4) is 0 Å². The van der Waals surface area contributed by atoms with Crippen molar-refractivity contribution in [1.29, 1.82) is 0 Å². The Bertz CT molecular complexity index is 355. The van der Waals surface area contributed by atoms with Gasteiger partial charge in [-0.25, -0.2) is 0 Å². The van der Waals surface area contributed by atoms with Crippen molar-refractivity contribution >= 4 is 11.8 Å². The lowest BCUT2D eigenvalue weighted by Crippen LogP contribution is -2.16. The first-order valence-electron chi connectivity index (χ1n) is 4.23. The summed E-state index contributed by atoms with van der Waals surface area (Å²) in [5, 5.41) is 9.11. The lowest BCUT2D eigenvalue weighted by Gasteiger charge is -2.18. The Morgan fingerprint density at radius 1 is 1.15 bits per heavy atom. The molecule has 1 aromatic carbocycles. The minimum atomic E-state index is 0.00912. The summed E-state index contributed by atoms with van der Waals surface area (Å²) in [5.74, 6) is 0. The molecule has 0 bridgehead atoms. The highest BCUT2D eigenvalue weighted by Crippen LogP contribution is 2.23. The van der Waals surface area contributed by atoms with Crippen LogP contribution in [0.4, 0.5) is 5.69 Å². The maximum absolute atomic E-state index is 9.11. The largest absolute Gasteiger partial charge is 0.376 e. The summed E-state index contributed by atoms with van der Waals surface area (Å²) in [4.78, 5) is 1.80. The number of fused-ring (bicyclic) bond motifs is 1. The van der Waals surface area contributed by atoms with E-state index in [0.29, 0.717) is 0 Å². The molecule has 66 valence electrons. The fourth-order valence-electron chi connectivity index (χ4n) is 1.41. The fourth-order valence-corrected chi connectivity index (χ4v) is 1.41. The van der Waals surface area contributed by atoms with Gasteiger partial charge in [-0.2, -0.15) is 0 Å². The average Bonchev–Trinajstić information content (AvgIpc) is 2.39. The van der Waals surface area contributed by atoms with Gasteiger partial charge in [0.1, 0.15) is 6.73 Å². The molecule has 0 saturated carbocycles. The van der Waals surface area contributed by atoms with E-state index in [2.05, 4.69) is 0 Å². The minimum Gasteiger partial charge on any atom is -0.376 e. The van der Waals surface area contributed by atoms with Crippen molar-refractivity contribution in [2.75, 3.05) is 11.6 Å². The molecule has 0 atom stereocenters. The molecule has 1 aliphatic rings. The van der Waals surface area contributed by atoms with Crippen molar-refractivity contribution in [3.8, 4) is 0 Å². The van der Waals surface area contributed by atoms with Gasteiger partial charge in [-0.05, 0) is 17.7 Å². The van der Waals surface area contributed by atoms with Gasteiger partial charge in [0.2, 0.25) is 0 Å². The normalized spacial score (nSPS) is 14.1. The molecule has 13 heavy (non-hydrogen) atoms. The fraction of sp³-hybridized carbons (Fsp3) is 0.0909. The highest BCUT2D eigenvalue weighted by molar-refractivity contribution is 5.70. The molecule has 0 saturated heterocycles. The van der Waals surface area contributed by atoms with E-state index in [4.69, 9.17) is 5.11 Å². The molecule has 0 aliphatic carbocycles. The Kier molecular flexibility index (Phi) is 2.15. The van der Waals surface area contributed by atoms with Gasteiger partial charge in [-0.1, -0.05) is 30.4 Å². The molecule has 1 heterocycles. The third-order valence-electron chi connectivity index (χ3n) is 2.05. The van der Waals surface area contributed by atoms with E-state index in [-0.39, 0.29) is 6.73 Å². The Labute approximate surface area is 77.4 Å². The van der Waals surface area contributed by atoms with Gasteiger partial charge in [-0.15, -0.1) is 0 Å². The van der Waals surface area contributed by atoms with Crippen LogP contribution in [0.15, 0.2) is 42.6 Å². The molecule has 2 rings (SSSR count). The third-order valence-corrected chi connectivity index (χ3v) is 2.05. The summed E-state index contributed by atoms with van der Waals surface area (Å²) < 4.78 is 0. The summed E-state index contributed by atoms with van der Waals surface area (Å²) in [6.45, 7) is 0.00912. The van der Waals surface area contributed by atoms with Gasteiger partial charge in [0.05, 0.1) is 0 Å². The Morgan fingerprint density at radius 2 is 2.00 bits per heavy atom. The van der Waals surface area contributed by atoms with Crippen LogP contribution in [-0.2, 0) is 0 Å². The summed E-state index contributed by atoms with van der Waals surface area (Å²) in [6, 6.07) is 7.98. The molecule has 0 spiro atoms. The quantitative estimate of drug-likeness (QED) is 0.702. The molecule has 2 nitrogen and oxygen atoms in total. The van der Waals surface area contributed by atoms with Crippen LogP contribution in [0.2, 0.25) is 0 Å². The van der Waals surface area contributed by atoms with Gasteiger partial charge in [0, 0.05) is 11.9 Å². The van der Waals surface area contributed by atoms with Crippen LogP contribution in [0.1, 0.15) is 5.56 Å². The molecular formula is C11H11NO. The van der Waals surface area contributed by atoms with Gasteiger partial charge in [0.15, 0.2) is 0 Å². The van der Waals surface area contributed by atoms with Crippen molar-refractivity contribution in [3.05, 3.63) is 48.2 Å². The predicted octanol–water partition coefficient (Wildman–Crippen LogP) is 1.98. The molecule has 1 aromatic rings. The maximum Gasteiger partial charge on any atom is 0.119 e. The van der Waals surface area contributed by atoms with Gasteiger partial charge >= 0.3 is 0 Å².